The van der Waals surface area contributed by atoms with E-state index in [1.807, 2.05) is 0 Å². The summed E-state index contributed by atoms with van der Waals surface area (Å²) >= 11 is 1.51. The SMILES string of the molecule is C=CSCCC(=O)OC. The third kappa shape index (κ3) is 5.43. The molecule has 3 heteroatoms. The van der Waals surface area contributed by atoms with Crippen LogP contribution in [0.25, 0.3) is 0 Å². The summed E-state index contributed by atoms with van der Waals surface area (Å²) in [6, 6.07) is 0. The Morgan fingerprint density at radius 1 is 1.89 bits per heavy atom. The fourth-order valence-corrected chi connectivity index (χ4v) is 0.779. The first kappa shape index (κ1) is 8.56. The van der Waals surface area contributed by atoms with E-state index in [0.29, 0.717) is 6.42 Å². The van der Waals surface area contributed by atoms with Gasteiger partial charge < -0.3 is 4.74 Å². The number of esters is 1. The molecule has 9 heavy (non-hydrogen) atoms. The third-order valence-corrected chi connectivity index (χ3v) is 1.45. The quantitative estimate of drug-likeness (QED) is 0.443. The van der Waals surface area contributed by atoms with Crippen LogP contribution >= 0.6 is 11.8 Å². The lowest BCUT2D eigenvalue weighted by Crippen LogP contribution is -2.00. The standard InChI is InChI=1S/C6H10O2S/c1-3-9-5-4-6(7)8-2/h3H,1,4-5H2,2H3. The van der Waals surface area contributed by atoms with Crippen LogP contribution in [0.2, 0.25) is 0 Å². The summed E-state index contributed by atoms with van der Waals surface area (Å²) in [4.78, 5) is 10.4. The fraction of sp³-hybridized carbons (Fsp3) is 0.500. The lowest BCUT2D eigenvalue weighted by atomic mass is 10.5. The Labute approximate surface area is 59.3 Å². The Hall–Kier alpha value is -0.440. The molecule has 0 aliphatic heterocycles. The van der Waals surface area contributed by atoms with E-state index in [0.717, 1.165) is 5.75 Å². The van der Waals surface area contributed by atoms with E-state index in [1.54, 1.807) is 5.41 Å². The number of carbonyl (C=O) groups is 1. The largest absolute Gasteiger partial charge is 0.469 e. The summed E-state index contributed by atoms with van der Waals surface area (Å²) in [7, 11) is 1.39. The molecule has 52 valence electrons. The highest BCUT2D eigenvalue weighted by Crippen LogP contribution is 2.02. The van der Waals surface area contributed by atoms with Gasteiger partial charge in [-0.2, -0.15) is 0 Å². The lowest BCUT2D eigenvalue weighted by Gasteiger charge is -1.94. The van der Waals surface area contributed by atoms with Crippen molar-refractivity contribution in [1.82, 2.24) is 0 Å². The number of carbonyl (C=O) groups excluding carboxylic acids is 1. The molecule has 0 saturated heterocycles. The second kappa shape index (κ2) is 5.69. The van der Waals surface area contributed by atoms with Crippen LogP contribution in [0.3, 0.4) is 0 Å². The van der Waals surface area contributed by atoms with Gasteiger partial charge in [0.25, 0.3) is 0 Å². The molecular formula is C6H10O2S. The van der Waals surface area contributed by atoms with Crippen molar-refractivity contribution in [3.8, 4) is 0 Å². The first-order valence-corrected chi connectivity index (χ1v) is 3.65. The number of methoxy groups -OCH3 is 1. The molecule has 2 nitrogen and oxygen atoms in total. The van der Waals surface area contributed by atoms with Gasteiger partial charge in [-0.25, -0.2) is 0 Å². The molecular weight excluding hydrogens is 136 g/mol. The Morgan fingerprint density at radius 2 is 2.56 bits per heavy atom. The van der Waals surface area contributed by atoms with Gasteiger partial charge in [-0.15, -0.1) is 11.8 Å². The number of thioether (sulfide) groups is 1. The molecule has 0 atom stereocenters. The van der Waals surface area contributed by atoms with E-state index < -0.39 is 0 Å². The van der Waals surface area contributed by atoms with Crippen molar-refractivity contribution in [2.24, 2.45) is 0 Å². The Bertz CT molecular complexity index is 101. The molecule has 0 aromatic rings. The van der Waals surface area contributed by atoms with Crippen LogP contribution in [0.1, 0.15) is 6.42 Å². The van der Waals surface area contributed by atoms with Gasteiger partial charge in [-0.1, -0.05) is 6.58 Å². The summed E-state index contributed by atoms with van der Waals surface area (Å²) in [6.45, 7) is 3.49. The van der Waals surface area contributed by atoms with E-state index in [-0.39, 0.29) is 5.97 Å². The van der Waals surface area contributed by atoms with Gasteiger partial charge in [-0.3, -0.25) is 4.79 Å². The van der Waals surface area contributed by atoms with Crippen LogP contribution in [-0.2, 0) is 9.53 Å². The van der Waals surface area contributed by atoms with Crippen LogP contribution in [0.15, 0.2) is 12.0 Å². The Balaban J connectivity index is 3.06. The van der Waals surface area contributed by atoms with Crippen LogP contribution in [0.4, 0.5) is 0 Å². The molecule has 0 saturated carbocycles. The average molecular weight is 146 g/mol. The van der Waals surface area contributed by atoms with Crippen molar-refractivity contribution in [1.29, 1.82) is 0 Å². The molecule has 0 N–H and O–H groups in total. The summed E-state index contributed by atoms with van der Waals surface area (Å²) in [5.74, 6) is 0.597. The lowest BCUT2D eigenvalue weighted by molar-refractivity contribution is -0.140. The highest BCUT2D eigenvalue weighted by atomic mass is 32.2. The van der Waals surface area contributed by atoms with Crippen molar-refractivity contribution in [2.75, 3.05) is 12.9 Å². The molecule has 0 fully saturated rings. The highest BCUT2D eigenvalue weighted by Gasteiger charge is 1.96. The maximum Gasteiger partial charge on any atom is 0.306 e. The summed E-state index contributed by atoms with van der Waals surface area (Å²) in [5, 5.41) is 1.71. The molecule has 0 spiro atoms. The summed E-state index contributed by atoms with van der Waals surface area (Å²) in [6.07, 6.45) is 0.465. The molecule has 0 heterocycles. The van der Waals surface area contributed by atoms with E-state index in [4.69, 9.17) is 0 Å². The monoisotopic (exact) mass is 146 g/mol. The molecule has 0 rings (SSSR count). The molecule has 0 aromatic carbocycles. The Kier molecular flexibility index (Phi) is 5.41. The normalized spacial score (nSPS) is 8.56. The van der Waals surface area contributed by atoms with Gasteiger partial charge in [0.15, 0.2) is 0 Å². The molecule has 0 aliphatic carbocycles. The zero-order valence-corrected chi connectivity index (χ0v) is 6.24. The first-order chi connectivity index (χ1) is 4.31. The van der Waals surface area contributed by atoms with Crippen LogP contribution < -0.4 is 0 Å². The van der Waals surface area contributed by atoms with Gasteiger partial charge in [-0.05, 0) is 5.41 Å². The van der Waals surface area contributed by atoms with Gasteiger partial charge in [0.2, 0.25) is 0 Å². The van der Waals surface area contributed by atoms with Gasteiger partial charge in [0, 0.05) is 5.75 Å². The minimum absolute atomic E-state index is 0.163. The average Bonchev–Trinajstić information content (AvgIpc) is 1.89. The minimum atomic E-state index is -0.163. The highest BCUT2D eigenvalue weighted by molar-refractivity contribution is 8.02. The smallest absolute Gasteiger partial charge is 0.306 e. The molecule has 0 aromatic heterocycles. The van der Waals surface area contributed by atoms with Crippen LogP contribution in [0, 0.1) is 0 Å². The van der Waals surface area contributed by atoms with Crippen molar-refractivity contribution < 1.29 is 9.53 Å². The van der Waals surface area contributed by atoms with Gasteiger partial charge in [0.1, 0.15) is 0 Å². The molecule has 0 radical (unpaired) electrons. The van der Waals surface area contributed by atoms with Gasteiger partial charge >= 0.3 is 5.97 Å². The first-order valence-electron chi connectivity index (χ1n) is 2.60. The third-order valence-electron chi connectivity index (χ3n) is 0.770. The predicted octanol–water partition coefficient (Wildman–Crippen LogP) is 1.43. The van der Waals surface area contributed by atoms with Crippen molar-refractivity contribution in [2.45, 2.75) is 6.42 Å². The molecule has 0 aliphatic rings. The topological polar surface area (TPSA) is 26.3 Å². The van der Waals surface area contributed by atoms with E-state index in [9.17, 15) is 4.79 Å². The molecule has 0 amide bonds. The van der Waals surface area contributed by atoms with Crippen LogP contribution in [0.5, 0.6) is 0 Å². The van der Waals surface area contributed by atoms with Gasteiger partial charge in [0.05, 0.1) is 13.5 Å². The Morgan fingerprint density at radius 3 is 3.00 bits per heavy atom. The van der Waals surface area contributed by atoms with E-state index in [2.05, 4.69) is 11.3 Å². The molecule has 0 unspecified atom stereocenters. The van der Waals surface area contributed by atoms with Crippen molar-refractivity contribution in [3.63, 3.8) is 0 Å². The number of hydrogen-bond donors (Lipinski definition) is 0. The van der Waals surface area contributed by atoms with E-state index in [1.165, 1.54) is 18.9 Å². The summed E-state index contributed by atoms with van der Waals surface area (Å²) in [5.41, 5.74) is 0. The number of hydrogen-bond acceptors (Lipinski definition) is 3. The minimum Gasteiger partial charge on any atom is -0.469 e. The van der Waals surface area contributed by atoms with Crippen molar-refractivity contribution in [3.05, 3.63) is 12.0 Å². The van der Waals surface area contributed by atoms with Crippen molar-refractivity contribution >= 4 is 17.7 Å². The summed E-state index contributed by atoms with van der Waals surface area (Å²) < 4.78 is 4.41. The maximum absolute atomic E-state index is 10.4. The van der Waals surface area contributed by atoms with E-state index >= 15 is 0 Å². The number of ether oxygens (including phenoxy) is 1. The number of rotatable bonds is 4. The second-order valence-corrected chi connectivity index (χ2v) is 2.44. The zero-order chi connectivity index (χ0) is 7.11. The zero-order valence-electron chi connectivity index (χ0n) is 5.42. The second-order valence-electron chi connectivity index (χ2n) is 1.36. The fourth-order valence-electron chi connectivity index (χ4n) is 0.328. The maximum atomic E-state index is 10.4. The predicted molar refractivity (Wildman–Crippen MR) is 39.3 cm³/mol. The van der Waals surface area contributed by atoms with Crippen LogP contribution in [-0.4, -0.2) is 18.8 Å². The molecule has 0 bridgehead atoms.